The number of Topliss-reactive ketones (excluding diaryl/α,β-unsaturated/α-hetero) is 1. The molecule has 0 saturated carbocycles. The topological polar surface area (TPSA) is 29.4 Å². The Balaban J connectivity index is 4.48. The van der Waals surface area contributed by atoms with Gasteiger partial charge in [-0.15, -0.1) is 20.7 Å². The Morgan fingerprint density at radius 1 is 1.56 bits per heavy atom. The summed E-state index contributed by atoms with van der Waals surface area (Å²) in [6.07, 6.45) is 1.72. The van der Waals surface area contributed by atoms with Crippen molar-refractivity contribution in [2.75, 3.05) is 4.93 Å². The summed E-state index contributed by atoms with van der Waals surface area (Å²) in [5.74, 6) is 0.223. The van der Waals surface area contributed by atoms with Gasteiger partial charge in [-0.1, -0.05) is 39.1 Å². The van der Waals surface area contributed by atoms with Crippen LogP contribution in [0.3, 0.4) is 0 Å². The second kappa shape index (κ2) is 9.10. The van der Waals surface area contributed by atoms with Crippen molar-refractivity contribution >= 4 is 47.5 Å². The second-order valence-corrected chi connectivity index (χ2v) is 6.36. The molecule has 1 atom stereocenters. The third kappa shape index (κ3) is 5.94. The van der Waals surface area contributed by atoms with Crippen molar-refractivity contribution in [1.29, 1.82) is 0 Å². The molecule has 0 saturated heterocycles. The molecule has 1 unspecified atom stereocenters. The van der Waals surface area contributed by atoms with Crippen LogP contribution >= 0.6 is 32.5 Å². The first-order valence-corrected chi connectivity index (χ1v) is 9.56. The SMILES string of the molecule is C=C(SC(CC)=NC=IC)C(=O)C(C)CC. The van der Waals surface area contributed by atoms with Gasteiger partial charge in [0.25, 0.3) is 0 Å². The molecule has 0 amide bonds. The summed E-state index contributed by atoms with van der Waals surface area (Å²) >= 11 is 1.50. The molecule has 0 rings (SSSR count). The quantitative estimate of drug-likeness (QED) is 0.237. The minimum Gasteiger partial charge on any atom is -0.293 e. The van der Waals surface area contributed by atoms with E-state index in [2.05, 4.69) is 23.4 Å². The first-order valence-electron chi connectivity index (χ1n) is 5.34. The van der Waals surface area contributed by atoms with E-state index in [1.54, 1.807) is 0 Å². The maximum Gasteiger partial charge on any atom is 0.171 e. The summed E-state index contributed by atoms with van der Waals surface area (Å²) in [7, 11) is 0. The van der Waals surface area contributed by atoms with Gasteiger partial charge in [0.1, 0.15) is 0 Å². The lowest BCUT2D eigenvalue weighted by Crippen LogP contribution is -2.11. The third-order valence-corrected chi connectivity index (χ3v) is 4.08. The molecule has 2 nitrogen and oxygen atoms in total. The van der Waals surface area contributed by atoms with E-state index in [1.165, 1.54) is 11.8 Å². The summed E-state index contributed by atoms with van der Waals surface area (Å²) in [6, 6.07) is 0. The molecular formula is C12H20INOS. The number of aliphatic imine (C=N–C) groups is 1. The molecule has 0 aromatic rings. The minimum absolute atomic E-state index is 0.0695. The highest BCUT2D eigenvalue weighted by atomic mass is 127. The van der Waals surface area contributed by atoms with Crippen molar-refractivity contribution in [3.05, 3.63) is 11.5 Å². The lowest BCUT2D eigenvalue weighted by atomic mass is 10.0. The molecule has 92 valence electrons. The Bertz CT molecular complexity index is 310. The normalized spacial score (nSPS) is 14.6. The molecule has 0 radical (unpaired) electrons. The van der Waals surface area contributed by atoms with Crippen LogP contribution in [0.5, 0.6) is 0 Å². The molecule has 0 N–H and O–H groups in total. The monoisotopic (exact) mass is 353 g/mol. The van der Waals surface area contributed by atoms with E-state index in [-0.39, 0.29) is 32.4 Å². The molecule has 4 heteroatoms. The number of alkyl halides is 1. The van der Waals surface area contributed by atoms with Gasteiger partial charge in [-0.3, -0.25) is 4.79 Å². The minimum atomic E-state index is 0.0695. The summed E-state index contributed by atoms with van der Waals surface area (Å²) in [5.41, 5.74) is 0. The molecule has 0 aliphatic heterocycles. The number of carbonyl (C=O) groups excluding carboxylic acids is 1. The molecule has 0 spiro atoms. The summed E-state index contributed by atoms with van der Waals surface area (Å²) in [6.45, 7) is 9.86. The number of thioether (sulfide) groups is 1. The predicted octanol–water partition coefficient (Wildman–Crippen LogP) is 4.02. The Hall–Kier alpha value is 0.0300. The van der Waals surface area contributed by atoms with Crippen LogP contribution in [0.1, 0.15) is 33.6 Å². The fraction of sp³-hybridized carbons (Fsp3) is 0.583. The second-order valence-electron chi connectivity index (χ2n) is 3.39. The number of rotatable bonds is 6. The fourth-order valence-corrected chi connectivity index (χ4v) is 2.59. The van der Waals surface area contributed by atoms with Gasteiger partial charge in [0.2, 0.25) is 0 Å². The van der Waals surface area contributed by atoms with Crippen molar-refractivity contribution in [2.45, 2.75) is 33.6 Å². The standard InChI is InChI=1S/C12H20INOS/c1-6-9(3)12(15)10(4)16-11(7-2)14-8-13-5/h8-9H,4,6-7H2,1-3,5H3. The van der Waals surface area contributed by atoms with Crippen molar-refractivity contribution in [3.8, 4) is 0 Å². The first-order chi connectivity index (χ1) is 7.56. The van der Waals surface area contributed by atoms with Crippen molar-refractivity contribution in [2.24, 2.45) is 10.9 Å². The van der Waals surface area contributed by atoms with E-state index in [4.69, 9.17) is 0 Å². The van der Waals surface area contributed by atoms with Crippen LogP contribution in [0.4, 0.5) is 0 Å². The molecular weight excluding hydrogens is 333 g/mol. The van der Waals surface area contributed by atoms with Crippen molar-refractivity contribution in [1.82, 2.24) is 0 Å². The third-order valence-electron chi connectivity index (χ3n) is 2.17. The van der Waals surface area contributed by atoms with Gasteiger partial charge in [0.05, 0.1) is 9.18 Å². The maximum atomic E-state index is 11.8. The molecule has 0 aliphatic rings. The largest absolute Gasteiger partial charge is 0.293 e. The van der Waals surface area contributed by atoms with Crippen LogP contribution in [0.2, 0.25) is 0 Å². The highest BCUT2D eigenvalue weighted by Crippen LogP contribution is 2.22. The van der Waals surface area contributed by atoms with Gasteiger partial charge in [-0.2, -0.15) is 0 Å². The molecule has 0 aromatic heterocycles. The van der Waals surface area contributed by atoms with Crippen LogP contribution in [-0.4, -0.2) is 19.9 Å². The highest BCUT2D eigenvalue weighted by Gasteiger charge is 2.16. The average Bonchev–Trinajstić information content (AvgIpc) is 2.31. The smallest absolute Gasteiger partial charge is 0.171 e. The van der Waals surface area contributed by atoms with Gasteiger partial charge < -0.3 is 0 Å². The zero-order valence-corrected chi connectivity index (χ0v) is 13.4. The number of hydrogen-bond acceptors (Lipinski definition) is 3. The molecule has 0 bridgehead atoms. The highest BCUT2D eigenvalue weighted by molar-refractivity contribution is 14.2. The van der Waals surface area contributed by atoms with Gasteiger partial charge in [-0.05, 0) is 17.8 Å². The average molecular weight is 353 g/mol. The van der Waals surface area contributed by atoms with E-state index in [1.807, 2.05) is 18.0 Å². The van der Waals surface area contributed by atoms with E-state index < -0.39 is 0 Å². The Labute approximate surface area is 113 Å². The van der Waals surface area contributed by atoms with Crippen LogP contribution in [0, 0.1) is 5.92 Å². The first kappa shape index (κ1) is 16.0. The number of carbonyl (C=O) groups is 1. The van der Waals surface area contributed by atoms with E-state index in [0.29, 0.717) is 4.91 Å². The number of halogens is 1. The van der Waals surface area contributed by atoms with Crippen LogP contribution < -0.4 is 0 Å². The van der Waals surface area contributed by atoms with E-state index >= 15 is 0 Å². The Kier molecular flexibility index (Phi) is 9.12. The predicted molar refractivity (Wildman–Crippen MR) is 84.9 cm³/mol. The van der Waals surface area contributed by atoms with Crippen LogP contribution in [0.25, 0.3) is 0 Å². The van der Waals surface area contributed by atoms with E-state index in [0.717, 1.165) is 17.9 Å². The van der Waals surface area contributed by atoms with Gasteiger partial charge >= 0.3 is 0 Å². The zero-order chi connectivity index (χ0) is 12.6. The Morgan fingerprint density at radius 2 is 2.19 bits per heavy atom. The molecule has 0 fully saturated rings. The van der Waals surface area contributed by atoms with Gasteiger partial charge in [0.15, 0.2) is 5.78 Å². The summed E-state index contributed by atoms with van der Waals surface area (Å²) in [4.78, 5) is 19.0. The van der Waals surface area contributed by atoms with E-state index in [9.17, 15) is 4.79 Å². The van der Waals surface area contributed by atoms with Crippen molar-refractivity contribution in [3.63, 3.8) is 0 Å². The van der Waals surface area contributed by atoms with Crippen molar-refractivity contribution < 1.29 is 4.79 Å². The Morgan fingerprint density at radius 3 is 2.62 bits per heavy atom. The van der Waals surface area contributed by atoms with Crippen LogP contribution in [0.15, 0.2) is 16.5 Å². The fourth-order valence-electron chi connectivity index (χ4n) is 0.946. The summed E-state index contributed by atoms with van der Waals surface area (Å²) < 4.78 is 1.98. The number of nitrogens with zero attached hydrogens (tertiary/aromatic N) is 1. The lowest BCUT2D eigenvalue weighted by Gasteiger charge is -2.09. The number of ketones is 1. The summed E-state index contributed by atoms with van der Waals surface area (Å²) in [5, 5.41) is 0.989. The maximum absolute atomic E-state index is 11.8. The zero-order valence-electron chi connectivity index (χ0n) is 10.4. The van der Waals surface area contributed by atoms with Gasteiger partial charge in [-0.25, -0.2) is 4.99 Å². The number of hydrogen-bond donors (Lipinski definition) is 0. The lowest BCUT2D eigenvalue weighted by molar-refractivity contribution is -0.118. The molecule has 0 aliphatic carbocycles. The van der Waals surface area contributed by atoms with Gasteiger partial charge in [0, 0.05) is 10.8 Å². The number of allylic oxidation sites excluding steroid dienone is 1. The molecule has 0 aromatic carbocycles. The molecule has 0 heterocycles. The molecule has 16 heavy (non-hydrogen) atoms. The van der Waals surface area contributed by atoms with Crippen LogP contribution in [-0.2, 0) is 4.79 Å².